The van der Waals surface area contributed by atoms with Crippen LogP contribution in [-0.4, -0.2) is 52.5 Å². The van der Waals surface area contributed by atoms with E-state index in [1.807, 2.05) is 7.05 Å². The molecule has 1 fully saturated rings. The number of carbonyl (C=O) groups excluding carboxylic acids is 1. The van der Waals surface area contributed by atoms with Crippen LogP contribution in [0.4, 0.5) is 4.39 Å². The van der Waals surface area contributed by atoms with Crippen LogP contribution in [0.15, 0.2) is 28.8 Å². The average molecular weight is 318 g/mol. The van der Waals surface area contributed by atoms with Gasteiger partial charge >= 0.3 is 0 Å². The molecule has 1 aliphatic rings. The number of carbonyl (C=O) groups is 1. The summed E-state index contributed by atoms with van der Waals surface area (Å²) in [4.78, 5) is 20.6. The van der Waals surface area contributed by atoms with E-state index in [0.29, 0.717) is 36.9 Å². The van der Waals surface area contributed by atoms with E-state index in [1.54, 1.807) is 30.0 Å². The molecule has 1 aliphatic heterocycles. The van der Waals surface area contributed by atoms with Gasteiger partial charge in [0.1, 0.15) is 11.9 Å². The van der Waals surface area contributed by atoms with E-state index < -0.39 is 0 Å². The monoisotopic (exact) mass is 318 g/mol. The number of halogens is 1. The standard InChI is InChI=1S/C16H19FN4O2/c1-11-18-16(23-19-11)14-10-21(8-7-20(14)2)15(22)9-12-5-3-4-6-13(12)17/h3-6,14H,7-10H2,1-2H3/t14-/m0/s1. The number of hydrogen-bond donors (Lipinski definition) is 0. The molecule has 1 atom stereocenters. The van der Waals surface area contributed by atoms with Crippen molar-refractivity contribution in [1.82, 2.24) is 19.9 Å². The summed E-state index contributed by atoms with van der Waals surface area (Å²) in [6.45, 7) is 3.53. The minimum Gasteiger partial charge on any atom is -0.339 e. The fraction of sp³-hybridized carbons (Fsp3) is 0.438. The third-order valence-electron chi connectivity index (χ3n) is 4.13. The summed E-state index contributed by atoms with van der Waals surface area (Å²) in [6.07, 6.45) is 0.0615. The molecule has 7 heteroatoms. The summed E-state index contributed by atoms with van der Waals surface area (Å²) in [6, 6.07) is 6.24. The van der Waals surface area contributed by atoms with Gasteiger partial charge in [-0.1, -0.05) is 23.4 Å². The summed E-state index contributed by atoms with van der Waals surface area (Å²) in [5.74, 6) is 0.639. The van der Waals surface area contributed by atoms with Crippen molar-refractivity contribution >= 4 is 5.91 Å². The van der Waals surface area contributed by atoms with Crippen LogP contribution >= 0.6 is 0 Å². The number of aromatic nitrogens is 2. The van der Waals surface area contributed by atoms with Crippen molar-refractivity contribution < 1.29 is 13.7 Å². The van der Waals surface area contributed by atoms with E-state index in [2.05, 4.69) is 15.0 Å². The molecule has 0 N–H and O–H groups in total. The van der Waals surface area contributed by atoms with Crippen molar-refractivity contribution in [3.63, 3.8) is 0 Å². The molecular formula is C16H19FN4O2. The third-order valence-corrected chi connectivity index (χ3v) is 4.13. The predicted molar refractivity (Wildman–Crippen MR) is 81.1 cm³/mol. The van der Waals surface area contributed by atoms with Gasteiger partial charge in [-0.3, -0.25) is 9.69 Å². The van der Waals surface area contributed by atoms with E-state index in [-0.39, 0.29) is 24.2 Å². The molecule has 23 heavy (non-hydrogen) atoms. The fourth-order valence-electron chi connectivity index (χ4n) is 2.73. The Kier molecular flexibility index (Phi) is 4.38. The molecule has 0 unspecified atom stereocenters. The van der Waals surface area contributed by atoms with Gasteiger partial charge in [0.2, 0.25) is 11.8 Å². The van der Waals surface area contributed by atoms with Gasteiger partial charge in [-0.15, -0.1) is 0 Å². The Morgan fingerprint density at radius 2 is 2.17 bits per heavy atom. The zero-order valence-corrected chi connectivity index (χ0v) is 13.2. The molecular weight excluding hydrogens is 299 g/mol. The average Bonchev–Trinajstić information content (AvgIpc) is 2.96. The highest BCUT2D eigenvalue weighted by molar-refractivity contribution is 5.79. The second kappa shape index (κ2) is 6.45. The lowest BCUT2D eigenvalue weighted by Crippen LogP contribution is -2.49. The van der Waals surface area contributed by atoms with Crippen molar-refractivity contribution in [2.45, 2.75) is 19.4 Å². The molecule has 2 aromatic rings. The van der Waals surface area contributed by atoms with Gasteiger partial charge < -0.3 is 9.42 Å². The maximum atomic E-state index is 13.7. The van der Waals surface area contributed by atoms with Gasteiger partial charge in [0.15, 0.2) is 5.82 Å². The number of piperazine rings is 1. The number of amides is 1. The van der Waals surface area contributed by atoms with Crippen LogP contribution in [0, 0.1) is 12.7 Å². The molecule has 0 aliphatic carbocycles. The van der Waals surface area contributed by atoms with Crippen LogP contribution in [-0.2, 0) is 11.2 Å². The van der Waals surface area contributed by atoms with Crippen LogP contribution in [0.25, 0.3) is 0 Å². The molecule has 6 nitrogen and oxygen atoms in total. The van der Waals surface area contributed by atoms with Gasteiger partial charge in [-0.05, 0) is 25.6 Å². The molecule has 1 saturated heterocycles. The zero-order chi connectivity index (χ0) is 16.4. The molecule has 0 saturated carbocycles. The van der Waals surface area contributed by atoms with Gasteiger partial charge in [0, 0.05) is 19.6 Å². The number of aryl methyl sites for hydroxylation is 1. The van der Waals surface area contributed by atoms with E-state index in [9.17, 15) is 9.18 Å². The first-order valence-electron chi connectivity index (χ1n) is 7.56. The second-order valence-corrected chi connectivity index (χ2v) is 5.78. The van der Waals surface area contributed by atoms with E-state index >= 15 is 0 Å². The molecule has 0 spiro atoms. The quantitative estimate of drug-likeness (QED) is 0.860. The molecule has 0 bridgehead atoms. The molecule has 1 aromatic heterocycles. The van der Waals surface area contributed by atoms with Crippen LogP contribution < -0.4 is 0 Å². The smallest absolute Gasteiger partial charge is 0.245 e. The lowest BCUT2D eigenvalue weighted by molar-refractivity contribution is -0.133. The molecule has 1 aromatic carbocycles. The Labute approximate surface area is 133 Å². The SMILES string of the molecule is Cc1noc([C@@H]2CN(C(=O)Cc3ccccc3F)CCN2C)n1. The van der Waals surface area contributed by atoms with Crippen molar-refractivity contribution in [2.75, 3.05) is 26.7 Å². The Morgan fingerprint density at radius 1 is 1.39 bits per heavy atom. The van der Waals surface area contributed by atoms with Crippen LogP contribution in [0.3, 0.4) is 0 Å². The molecule has 122 valence electrons. The van der Waals surface area contributed by atoms with Gasteiger partial charge in [0.25, 0.3) is 0 Å². The summed E-state index contributed by atoms with van der Waals surface area (Å²) >= 11 is 0. The highest BCUT2D eigenvalue weighted by Gasteiger charge is 2.32. The Morgan fingerprint density at radius 3 is 2.87 bits per heavy atom. The fourth-order valence-corrected chi connectivity index (χ4v) is 2.73. The van der Waals surface area contributed by atoms with Crippen molar-refractivity contribution in [1.29, 1.82) is 0 Å². The molecule has 3 rings (SSSR count). The summed E-state index contributed by atoms with van der Waals surface area (Å²) in [7, 11) is 1.96. The maximum Gasteiger partial charge on any atom is 0.245 e. The number of hydrogen-bond acceptors (Lipinski definition) is 5. The van der Waals surface area contributed by atoms with E-state index in [1.165, 1.54) is 6.07 Å². The maximum absolute atomic E-state index is 13.7. The van der Waals surface area contributed by atoms with Crippen LogP contribution in [0.2, 0.25) is 0 Å². The number of likely N-dealkylation sites (N-methyl/N-ethyl adjacent to an activating group) is 1. The number of benzene rings is 1. The van der Waals surface area contributed by atoms with Gasteiger partial charge in [-0.2, -0.15) is 4.98 Å². The molecule has 1 amide bonds. The highest BCUT2D eigenvalue weighted by Crippen LogP contribution is 2.23. The normalized spacial score (nSPS) is 19.1. The largest absolute Gasteiger partial charge is 0.339 e. The van der Waals surface area contributed by atoms with Crippen molar-refractivity contribution in [3.8, 4) is 0 Å². The van der Waals surface area contributed by atoms with Gasteiger partial charge in [-0.25, -0.2) is 4.39 Å². The van der Waals surface area contributed by atoms with Crippen LogP contribution in [0.5, 0.6) is 0 Å². The summed E-state index contributed by atoms with van der Waals surface area (Å²) in [5, 5.41) is 3.81. The third kappa shape index (κ3) is 3.39. The zero-order valence-electron chi connectivity index (χ0n) is 13.2. The topological polar surface area (TPSA) is 62.5 Å². The lowest BCUT2D eigenvalue weighted by atomic mass is 10.1. The van der Waals surface area contributed by atoms with E-state index in [0.717, 1.165) is 0 Å². The minimum absolute atomic E-state index is 0.0615. The lowest BCUT2D eigenvalue weighted by Gasteiger charge is -2.37. The second-order valence-electron chi connectivity index (χ2n) is 5.78. The number of rotatable bonds is 3. The summed E-state index contributed by atoms with van der Waals surface area (Å²) in [5.41, 5.74) is 0.418. The first-order valence-corrected chi connectivity index (χ1v) is 7.56. The Bertz CT molecular complexity index is 703. The summed E-state index contributed by atoms with van der Waals surface area (Å²) < 4.78 is 19.0. The van der Waals surface area contributed by atoms with Crippen molar-refractivity contribution in [2.24, 2.45) is 0 Å². The first kappa shape index (κ1) is 15.6. The number of nitrogens with zero attached hydrogens (tertiary/aromatic N) is 4. The molecule has 2 heterocycles. The minimum atomic E-state index is -0.348. The first-order chi connectivity index (χ1) is 11.0. The Balaban J connectivity index is 1.71. The van der Waals surface area contributed by atoms with Crippen molar-refractivity contribution in [3.05, 3.63) is 47.4 Å². The molecule has 0 radical (unpaired) electrons. The van der Waals surface area contributed by atoms with Gasteiger partial charge in [0.05, 0.1) is 6.42 Å². The highest BCUT2D eigenvalue weighted by atomic mass is 19.1. The van der Waals surface area contributed by atoms with E-state index in [4.69, 9.17) is 4.52 Å². The Hall–Kier alpha value is -2.28. The van der Waals surface area contributed by atoms with Crippen LogP contribution in [0.1, 0.15) is 23.3 Å². The predicted octanol–water partition coefficient (Wildman–Crippen LogP) is 1.57.